The van der Waals surface area contributed by atoms with Gasteiger partial charge in [0.1, 0.15) is 72.5 Å². The number of phosphoric ester groups is 2. The molecule has 54 heteroatoms. The van der Waals surface area contributed by atoms with E-state index in [0.717, 1.165) is 56.2 Å². The first kappa shape index (κ1) is 73.2. The first-order valence-corrected chi connectivity index (χ1v) is 32.0. The molecule has 6 saturated heterocycles. The van der Waals surface area contributed by atoms with Gasteiger partial charge in [-0.25, -0.2) is 66.6 Å². The first-order chi connectivity index (χ1) is 42.6. The molecule has 44 nitrogen and oxygen atoms in total. The molecule has 14 heterocycles. The number of anilines is 4. The van der Waals surface area contributed by atoms with Crippen molar-refractivity contribution in [2.24, 2.45) is 0 Å². The molecular weight excluding hydrogens is 1380 g/mol. The van der Waals surface area contributed by atoms with Gasteiger partial charge >= 0.3 is 74.8 Å². The summed E-state index contributed by atoms with van der Waals surface area (Å²) in [6.07, 6.45) is -23.2. The van der Waals surface area contributed by atoms with Gasteiger partial charge in [0.15, 0.2) is 94.9 Å². The van der Waals surface area contributed by atoms with Crippen LogP contribution in [0.2, 0.25) is 0 Å². The maximum absolute atomic E-state index is 15.9. The van der Waals surface area contributed by atoms with Crippen molar-refractivity contribution < 1.29 is 163 Å². The van der Waals surface area contributed by atoms with Crippen LogP contribution in [-0.4, -0.2) is 188 Å². The Hall–Kier alpha value is -5.08. The van der Waals surface area contributed by atoms with E-state index in [1.165, 1.54) is 0 Å². The Morgan fingerprint density at radius 2 is 0.830 bits per heavy atom. The average molecular weight is 1430 g/mol. The number of nitrogen functional groups attached to an aromatic ring is 4. The SMILES string of the molecule is N.N.Nc1nc2c(ncn2C2OC3COP(=O)(O)OC4C(CNP(=O)([O-])OC2C3F)OC(n2cnc3c(N)ncnc32)C4F)c(=O)[nH]1.Nc1nc2c(ncn2C2OC3COP(=O)(O)OC4C(CNP(=O)([O-])OC2C3F)OC(n2cnc3c(N)ncnc32)C4F)c(=O)[nH]1.[H-].[H-].[Na+].[Na+]. The van der Waals surface area contributed by atoms with Crippen LogP contribution < -0.4 is 125 Å². The van der Waals surface area contributed by atoms with Gasteiger partial charge in [0, 0.05) is 13.1 Å². The fourth-order valence-electron chi connectivity index (χ4n) is 10.6. The molecule has 6 aliphatic rings. The molecule has 14 rings (SSSR count). The molecule has 0 aliphatic carbocycles. The van der Waals surface area contributed by atoms with E-state index in [0.29, 0.717) is 0 Å². The Balaban J connectivity index is 0.000000255. The minimum Gasteiger partial charge on any atom is -1.00 e. The maximum Gasteiger partial charge on any atom is 1.00 e. The fourth-order valence-corrected chi connectivity index (χ4v) is 14.6. The zero-order valence-electron chi connectivity index (χ0n) is 50.1. The second kappa shape index (κ2) is 27.7. The van der Waals surface area contributed by atoms with Gasteiger partial charge in [0.05, 0.1) is 38.5 Å². The van der Waals surface area contributed by atoms with E-state index >= 15 is 17.6 Å². The minimum atomic E-state index is -5.23. The van der Waals surface area contributed by atoms with E-state index in [9.17, 15) is 47.4 Å². The molecule has 94 heavy (non-hydrogen) atoms. The molecule has 0 amide bonds. The van der Waals surface area contributed by atoms with Crippen LogP contribution in [-0.2, 0) is 64.4 Å². The van der Waals surface area contributed by atoms with Gasteiger partial charge in [-0.1, -0.05) is 0 Å². The Labute approximate surface area is 566 Å². The van der Waals surface area contributed by atoms with Crippen molar-refractivity contribution in [2.75, 3.05) is 49.2 Å². The smallest absolute Gasteiger partial charge is 1.00 e. The van der Waals surface area contributed by atoms with Crippen molar-refractivity contribution in [1.29, 1.82) is 0 Å². The zero-order chi connectivity index (χ0) is 63.7. The van der Waals surface area contributed by atoms with Crippen LogP contribution in [0.4, 0.5) is 41.1 Å². The van der Waals surface area contributed by atoms with Crippen LogP contribution >= 0.6 is 31.1 Å². The van der Waals surface area contributed by atoms with Crippen molar-refractivity contribution in [3.05, 3.63) is 58.7 Å². The van der Waals surface area contributed by atoms with Crippen LogP contribution in [0.3, 0.4) is 0 Å². The summed E-state index contributed by atoms with van der Waals surface area (Å²) in [6.45, 7) is -3.50. The van der Waals surface area contributed by atoms with Gasteiger partial charge < -0.3 is 85.7 Å². The quantitative estimate of drug-likeness (QED) is 0.0442. The van der Waals surface area contributed by atoms with Gasteiger partial charge in [0.2, 0.25) is 27.4 Å². The number of ether oxygens (including phenoxy) is 4. The Morgan fingerprint density at radius 3 is 1.20 bits per heavy atom. The normalized spacial score (nSPS) is 36.1. The van der Waals surface area contributed by atoms with Crippen LogP contribution in [0.1, 0.15) is 27.8 Å². The number of fused-ring (bicyclic) bond motifs is 10. The molecule has 504 valence electrons. The standard InChI is InChI=1S/2C20H23F2N11O10P2.2H3N.2Na.2H/c2*21-8-7-2-39-45(37,38)43-12-6(40-18(9(12)22)32-4-27-10-14(23)25-3-26-15(10)32)1-29-44(35,36)42-13(8)19(41-7)33-5-28-11-16(33)30-20(24)31-17(11)34;;;;;;/h2*3-9,12-13,18-19H,1-2H2,(H,37,38)(H2,23,25,26)(H2,29,35,36)(H3,24,30,31,34);2*1H3;;;;/q;;;;2*+1;2*-1/p-2. The van der Waals surface area contributed by atoms with Crippen LogP contribution in [0, 0.1) is 0 Å². The minimum absolute atomic E-state index is 0. The molecule has 20 atom stereocenters. The summed E-state index contributed by atoms with van der Waals surface area (Å²) in [5, 5.41) is 4.08. The molecule has 0 aromatic carbocycles. The molecule has 20 N–H and O–H groups in total. The Kier molecular flexibility index (Phi) is 21.5. The Morgan fingerprint density at radius 1 is 0.489 bits per heavy atom. The number of hydrogen-bond acceptors (Lipinski definition) is 34. The number of rotatable bonds is 4. The van der Waals surface area contributed by atoms with Crippen molar-refractivity contribution in [3.63, 3.8) is 0 Å². The second-order valence-electron chi connectivity index (χ2n) is 20.3. The van der Waals surface area contributed by atoms with E-state index < -0.39 is 167 Å². The maximum atomic E-state index is 15.9. The summed E-state index contributed by atoms with van der Waals surface area (Å²) in [7, 11) is -20.8. The van der Waals surface area contributed by atoms with E-state index in [-0.39, 0.29) is 142 Å². The number of alkyl halides is 4. The molecule has 0 spiro atoms. The number of H-pyrrole nitrogens is 2. The van der Waals surface area contributed by atoms with Crippen LogP contribution in [0.25, 0.3) is 44.7 Å². The predicted octanol–water partition coefficient (Wildman–Crippen LogP) is -8.34. The largest absolute Gasteiger partial charge is 1.00 e. The molecule has 20 unspecified atom stereocenters. The van der Waals surface area contributed by atoms with Crippen molar-refractivity contribution in [3.8, 4) is 0 Å². The molecule has 0 saturated carbocycles. The van der Waals surface area contributed by atoms with Crippen LogP contribution in [0.5, 0.6) is 0 Å². The molecule has 4 bridgehead atoms. The molecule has 6 fully saturated rings. The number of nitrogens with zero attached hydrogens (tertiary/aromatic N) is 14. The van der Waals surface area contributed by atoms with Crippen LogP contribution in [0.15, 0.2) is 47.6 Å². The van der Waals surface area contributed by atoms with Crippen molar-refractivity contribution >= 4 is 99.3 Å². The van der Waals surface area contributed by atoms with Gasteiger partial charge in [-0.2, -0.15) is 9.97 Å². The molecular formula is C40H52F4N24Na2O20P4-2. The number of aromatic amines is 2. The summed E-state index contributed by atoms with van der Waals surface area (Å²) >= 11 is 0. The number of nitrogens with one attached hydrogen (secondary N) is 4. The summed E-state index contributed by atoms with van der Waals surface area (Å²) in [6, 6.07) is 0. The third-order valence-corrected chi connectivity index (χ3v) is 18.8. The third kappa shape index (κ3) is 13.9. The van der Waals surface area contributed by atoms with E-state index in [4.69, 9.17) is 69.0 Å². The Bertz CT molecular complexity index is 4190. The number of aromatic nitrogens is 16. The number of nitrogens with two attached hydrogens (primary N) is 4. The monoisotopic (exact) mass is 1430 g/mol. The molecule has 8 aromatic heterocycles. The van der Waals surface area contributed by atoms with E-state index in [1.807, 2.05) is 10.2 Å². The van der Waals surface area contributed by atoms with Gasteiger partial charge in [-0.3, -0.25) is 75.2 Å². The van der Waals surface area contributed by atoms with E-state index in [1.54, 1.807) is 0 Å². The van der Waals surface area contributed by atoms with Crippen molar-refractivity contribution in [2.45, 2.75) is 98.4 Å². The van der Waals surface area contributed by atoms with Gasteiger partial charge in [0.25, 0.3) is 11.1 Å². The average Bonchev–Trinajstić information content (AvgIpc) is 1.62. The summed E-state index contributed by atoms with van der Waals surface area (Å²) in [4.78, 5) is 116. The molecule has 6 aliphatic heterocycles. The topological polar surface area (TPSA) is 660 Å². The molecule has 0 radical (unpaired) electrons. The number of imidazole rings is 4. The fraction of sp³-hybridized carbons (Fsp3) is 0.500. The van der Waals surface area contributed by atoms with Gasteiger partial charge in [-0.05, 0) is 0 Å². The second-order valence-corrected chi connectivity index (χ2v) is 26.1. The van der Waals surface area contributed by atoms with Gasteiger partial charge in [-0.15, -0.1) is 0 Å². The zero-order valence-corrected chi connectivity index (χ0v) is 55.6. The van der Waals surface area contributed by atoms with Crippen molar-refractivity contribution in [1.82, 2.24) is 101 Å². The summed E-state index contributed by atoms with van der Waals surface area (Å²) in [5.41, 5.74) is 20.8. The number of hydrogen-bond donors (Lipinski definition) is 12. The number of phosphoric acid groups is 2. The number of halogens is 4. The first-order valence-electron chi connectivity index (χ1n) is 25.9. The van der Waals surface area contributed by atoms with E-state index in [2.05, 4.69) is 59.8 Å². The predicted molar refractivity (Wildman–Crippen MR) is 294 cm³/mol. The summed E-state index contributed by atoms with van der Waals surface area (Å²) in [5.74, 6) is -0.677. The third-order valence-electron chi connectivity index (χ3n) is 14.6. The molecule has 8 aromatic rings. The summed E-state index contributed by atoms with van der Waals surface area (Å²) < 4.78 is 173.